The lowest BCUT2D eigenvalue weighted by atomic mass is 10.3. The fourth-order valence-electron chi connectivity index (χ4n) is 4.82. The van der Waals surface area contributed by atoms with Gasteiger partial charge in [0, 0.05) is 0 Å². The van der Waals surface area contributed by atoms with E-state index in [2.05, 4.69) is 55.4 Å². The Morgan fingerprint density at radius 2 is 0.654 bits per heavy atom. The highest BCUT2D eigenvalue weighted by atomic mass is 28.4. The second-order valence-electron chi connectivity index (χ2n) is 8.51. The van der Waals surface area contributed by atoms with Crippen molar-refractivity contribution in [1.82, 2.24) is 0 Å². The first-order chi connectivity index (χ1) is 12.4. The molecule has 0 aromatic heterocycles. The van der Waals surface area contributed by atoms with E-state index in [9.17, 15) is 0 Å². The zero-order valence-corrected chi connectivity index (χ0v) is 21.5. The van der Waals surface area contributed by atoms with Gasteiger partial charge in [0.2, 0.25) is 0 Å². The topological polar surface area (TPSA) is 18.5 Å². The standard InChI is InChI=1S/C22H50O2Si2/c1-9-15-25(16-10-2,17-11-3)23-21(7)22(8)24-26(18-12-4,19-13-5)20-14-6/h21-22H,9-20H2,1-8H3. The Labute approximate surface area is 168 Å². The summed E-state index contributed by atoms with van der Waals surface area (Å²) in [5, 5.41) is 0. The Hall–Kier alpha value is 0.354. The van der Waals surface area contributed by atoms with Crippen LogP contribution in [0.3, 0.4) is 0 Å². The SMILES string of the molecule is CCC[Si](CCC)(CCC)OC(C)C(C)O[Si](CCC)(CCC)CCC. The Morgan fingerprint density at radius 1 is 0.462 bits per heavy atom. The molecule has 0 saturated carbocycles. The van der Waals surface area contributed by atoms with E-state index in [1.54, 1.807) is 0 Å². The second kappa shape index (κ2) is 14.4. The van der Waals surface area contributed by atoms with Gasteiger partial charge in [-0.15, -0.1) is 0 Å². The van der Waals surface area contributed by atoms with E-state index >= 15 is 0 Å². The quantitative estimate of drug-likeness (QED) is 0.228. The highest BCUT2D eigenvalue weighted by Crippen LogP contribution is 2.33. The van der Waals surface area contributed by atoms with Crippen molar-refractivity contribution in [2.75, 3.05) is 0 Å². The first-order valence-corrected chi connectivity index (χ1v) is 16.8. The van der Waals surface area contributed by atoms with Crippen LogP contribution in [0.15, 0.2) is 0 Å². The van der Waals surface area contributed by atoms with Crippen LogP contribution in [0.1, 0.15) is 93.9 Å². The third-order valence-corrected chi connectivity index (χ3v) is 16.0. The largest absolute Gasteiger partial charge is 0.412 e. The van der Waals surface area contributed by atoms with Crippen LogP contribution < -0.4 is 0 Å². The van der Waals surface area contributed by atoms with Gasteiger partial charge in [-0.2, -0.15) is 0 Å². The molecule has 0 aromatic rings. The molecule has 0 aromatic carbocycles. The summed E-state index contributed by atoms with van der Waals surface area (Å²) < 4.78 is 13.9. The summed E-state index contributed by atoms with van der Waals surface area (Å²) >= 11 is 0. The molecular weight excluding hydrogens is 352 g/mol. The third-order valence-electron chi connectivity index (χ3n) is 5.77. The number of rotatable bonds is 17. The molecule has 0 N–H and O–H groups in total. The Bertz CT molecular complexity index is 270. The highest BCUT2D eigenvalue weighted by molar-refractivity contribution is 6.74. The van der Waals surface area contributed by atoms with Crippen LogP contribution in [0.2, 0.25) is 36.3 Å². The summed E-state index contributed by atoms with van der Waals surface area (Å²) in [4.78, 5) is 0. The Balaban J connectivity index is 5.19. The molecule has 0 spiro atoms. The summed E-state index contributed by atoms with van der Waals surface area (Å²) in [6.07, 6.45) is 8.03. The van der Waals surface area contributed by atoms with Gasteiger partial charge in [0.25, 0.3) is 0 Å². The predicted molar refractivity (Wildman–Crippen MR) is 123 cm³/mol. The minimum atomic E-state index is -1.62. The smallest absolute Gasteiger partial charge is 0.193 e. The van der Waals surface area contributed by atoms with Crippen LogP contribution in [0.4, 0.5) is 0 Å². The maximum absolute atomic E-state index is 6.94. The Kier molecular flexibility index (Phi) is 14.6. The van der Waals surface area contributed by atoms with Gasteiger partial charge >= 0.3 is 0 Å². The van der Waals surface area contributed by atoms with Crippen LogP contribution in [-0.2, 0) is 8.85 Å². The van der Waals surface area contributed by atoms with E-state index in [1.165, 1.54) is 74.8 Å². The van der Waals surface area contributed by atoms with Crippen molar-refractivity contribution in [3.63, 3.8) is 0 Å². The summed E-state index contributed by atoms with van der Waals surface area (Å²) in [7, 11) is -3.23. The zero-order valence-electron chi connectivity index (χ0n) is 19.5. The van der Waals surface area contributed by atoms with E-state index in [1.807, 2.05) is 0 Å². The van der Waals surface area contributed by atoms with Crippen molar-refractivity contribution < 1.29 is 8.85 Å². The molecule has 2 atom stereocenters. The van der Waals surface area contributed by atoms with E-state index in [0.717, 1.165) is 0 Å². The van der Waals surface area contributed by atoms with E-state index in [4.69, 9.17) is 8.85 Å². The molecule has 0 fully saturated rings. The van der Waals surface area contributed by atoms with E-state index < -0.39 is 16.6 Å². The zero-order chi connectivity index (χ0) is 20.1. The fraction of sp³-hybridized carbons (Fsp3) is 1.00. The number of hydrogen-bond acceptors (Lipinski definition) is 2. The lowest BCUT2D eigenvalue weighted by molar-refractivity contribution is 0.0606. The third kappa shape index (κ3) is 9.03. The first-order valence-electron chi connectivity index (χ1n) is 11.7. The van der Waals surface area contributed by atoms with Crippen molar-refractivity contribution in [2.24, 2.45) is 0 Å². The lowest BCUT2D eigenvalue weighted by Gasteiger charge is -2.40. The average molecular weight is 403 g/mol. The monoisotopic (exact) mass is 402 g/mol. The van der Waals surface area contributed by atoms with Crippen molar-refractivity contribution in [2.45, 2.75) is 142 Å². The first kappa shape index (κ1) is 26.4. The molecule has 0 heterocycles. The van der Waals surface area contributed by atoms with Crippen molar-refractivity contribution in [3.05, 3.63) is 0 Å². The molecule has 0 aliphatic heterocycles. The molecule has 0 rings (SSSR count). The average Bonchev–Trinajstić information content (AvgIpc) is 2.56. The molecule has 0 bridgehead atoms. The Morgan fingerprint density at radius 3 is 0.808 bits per heavy atom. The normalized spacial score (nSPS) is 15.2. The van der Waals surface area contributed by atoms with Crippen molar-refractivity contribution >= 4 is 16.6 Å². The summed E-state index contributed by atoms with van der Waals surface area (Å²) in [5.41, 5.74) is 0. The molecule has 158 valence electrons. The summed E-state index contributed by atoms with van der Waals surface area (Å²) in [5.74, 6) is 0. The molecule has 0 aliphatic rings. The second-order valence-corrected chi connectivity index (χ2v) is 16.7. The molecule has 4 heteroatoms. The van der Waals surface area contributed by atoms with Gasteiger partial charge in [0.15, 0.2) is 16.6 Å². The minimum Gasteiger partial charge on any atom is -0.412 e. The van der Waals surface area contributed by atoms with Gasteiger partial charge < -0.3 is 8.85 Å². The van der Waals surface area contributed by atoms with E-state index in [0.29, 0.717) is 0 Å². The molecule has 0 aliphatic carbocycles. The van der Waals surface area contributed by atoms with Crippen LogP contribution in [0.25, 0.3) is 0 Å². The predicted octanol–water partition coefficient (Wildman–Crippen LogP) is 8.15. The van der Waals surface area contributed by atoms with Gasteiger partial charge in [-0.25, -0.2) is 0 Å². The molecule has 0 radical (unpaired) electrons. The number of hydrogen-bond donors (Lipinski definition) is 0. The van der Waals surface area contributed by atoms with Gasteiger partial charge in [-0.1, -0.05) is 80.1 Å². The fourth-order valence-corrected chi connectivity index (χ4v) is 14.5. The molecule has 2 nitrogen and oxygen atoms in total. The minimum absolute atomic E-state index is 0.240. The molecule has 2 unspecified atom stereocenters. The van der Waals surface area contributed by atoms with Gasteiger partial charge in [-0.05, 0) is 50.1 Å². The molecule has 0 amide bonds. The van der Waals surface area contributed by atoms with Gasteiger partial charge in [0.1, 0.15) is 0 Å². The van der Waals surface area contributed by atoms with Crippen LogP contribution in [-0.4, -0.2) is 28.8 Å². The van der Waals surface area contributed by atoms with Crippen LogP contribution in [0.5, 0.6) is 0 Å². The molecular formula is C22H50O2Si2. The molecule has 26 heavy (non-hydrogen) atoms. The maximum atomic E-state index is 6.94. The van der Waals surface area contributed by atoms with Gasteiger partial charge in [-0.3, -0.25) is 0 Å². The van der Waals surface area contributed by atoms with Crippen LogP contribution in [0, 0.1) is 0 Å². The van der Waals surface area contributed by atoms with Crippen LogP contribution >= 0.6 is 0 Å². The summed E-state index contributed by atoms with van der Waals surface area (Å²) in [6, 6.07) is 7.88. The van der Waals surface area contributed by atoms with Crippen molar-refractivity contribution in [3.8, 4) is 0 Å². The highest BCUT2D eigenvalue weighted by Gasteiger charge is 2.39. The summed E-state index contributed by atoms with van der Waals surface area (Å²) in [6.45, 7) is 18.5. The maximum Gasteiger partial charge on any atom is 0.193 e. The lowest BCUT2D eigenvalue weighted by Crippen LogP contribution is -2.48. The molecule has 0 saturated heterocycles. The van der Waals surface area contributed by atoms with Crippen molar-refractivity contribution in [1.29, 1.82) is 0 Å². The van der Waals surface area contributed by atoms with Gasteiger partial charge in [0.05, 0.1) is 12.2 Å². The van der Waals surface area contributed by atoms with E-state index in [-0.39, 0.29) is 12.2 Å².